The van der Waals surface area contributed by atoms with Gasteiger partial charge in [0, 0.05) is 12.7 Å². The summed E-state index contributed by atoms with van der Waals surface area (Å²) in [5, 5.41) is 3.90. The van der Waals surface area contributed by atoms with Crippen LogP contribution in [0.4, 0.5) is 0 Å². The molecule has 2 aromatic rings. The first kappa shape index (κ1) is 11.9. The maximum Gasteiger partial charge on any atom is 0.441 e. The molecule has 0 amide bonds. The van der Waals surface area contributed by atoms with Crippen LogP contribution in [0.2, 0.25) is 0 Å². The first-order chi connectivity index (χ1) is 9.81. The van der Waals surface area contributed by atoms with Gasteiger partial charge in [-0.3, -0.25) is 14.1 Å². The van der Waals surface area contributed by atoms with Crippen LogP contribution in [0.5, 0.6) is 0 Å². The summed E-state index contributed by atoms with van der Waals surface area (Å²) in [4.78, 5) is 16.2. The molecule has 3 atom stereocenters. The highest BCUT2D eigenvalue weighted by atomic mass is 16.5. The maximum atomic E-state index is 11.9. The van der Waals surface area contributed by atoms with E-state index in [1.165, 1.54) is 25.7 Å². The van der Waals surface area contributed by atoms with Gasteiger partial charge in [-0.2, -0.15) is 0 Å². The van der Waals surface area contributed by atoms with Gasteiger partial charge in [-0.15, -0.1) is 0 Å². The van der Waals surface area contributed by atoms with Gasteiger partial charge >= 0.3 is 5.76 Å². The van der Waals surface area contributed by atoms with Crippen molar-refractivity contribution in [2.24, 2.45) is 17.8 Å². The molecule has 20 heavy (non-hydrogen) atoms. The predicted molar refractivity (Wildman–Crippen MR) is 72.9 cm³/mol. The van der Waals surface area contributed by atoms with Crippen LogP contribution in [0, 0.1) is 17.8 Å². The van der Waals surface area contributed by atoms with E-state index in [9.17, 15) is 4.79 Å². The van der Waals surface area contributed by atoms with Gasteiger partial charge in [0.05, 0.1) is 0 Å². The molecule has 2 saturated carbocycles. The molecular weight excluding hydrogens is 254 g/mol. The van der Waals surface area contributed by atoms with E-state index in [0.29, 0.717) is 17.4 Å². The van der Waals surface area contributed by atoms with Crippen molar-refractivity contribution >= 4 is 0 Å². The molecule has 2 heterocycles. The molecule has 2 fully saturated rings. The summed E-state index contributed by atoms with van der Waals surface area (Å²) in [6.45, 7) is 0.718. The summed E-state index contributed by atoms with van der Waals surface area (Å²) >= 11 is 0. The minimum Gasteiger partial charge on any atom is -0.295 e. The minimum absolute atomic E-state index is 0.367. The van der Waals surface area contributed by atoms with Gasteiger partial charge in [-0.1, -0.05) is 17.6 Å². The van der Waals surface area contributed by atoms with Crippen molar-refractivity contribution in [2.45, 2.75) is 32.2 Å². The first-order valence-corrected chi connectivity index (χ1v) is 7.29. The van der Waals surface area contributed by atoms with Crippen LogP contribution in [-0.4, -0.2) is 14.7 Å². The molecule has 3 unspecified atom stereocenters. The van der Waals surface area contributed by atoms with Gasteiger partial charge in [-0.25, -0.2) is 4.79 Å². The Balaban J connectivity index is 1.65. The average molecular weight is 271 g/mol. The van der Waals surface area contributed by atoms with Crippen molar-refractivity contribution in [2.75, 3.05) is 0 Å². The van der Waals surface area contributed by atoms with Crippen LogP contribution < -0.4 is 5.76 Å². The van der Waals surface area contributed by atoms with Crippen molar-refractivity contribution in [1.82, 2.24) is 14.7 Å². The third-order valence-electron chi connectivity index (χ3n) is 4.88. The smallest absolute Gasteiger partial charge is 0.295 e. The van der Waals surface area contributed by atoms with Crippen LogP contribution in [0.3, 0.4) is 0 Å². The fraction of sp³-hybridized carbons (Fsp3) is 0.533. The lowest BCUT2D eigenvalue weighted by molar-refractivity contribution is 0.285. The van der Waals surface area contributed by atoms with E-state index in [-0.39, 0.29) is 5.76 Å². The second-order valence-electron chi connectivity index (χ2n) is 6.03. The number of hydrogen-bond donors (Lipinski definition) is 0. The Morgan fingerprint density at radius 1 is 1.30 bits per heavy atom. The molecule has 2 aliphatic carbocycles. The Hall–Kier alpha value is -1.91. The van der Waals surface area contributed by atoms with Crippen LogP contribution in [0.15, 0.2) is 33.7 Å². The van der Waals surface area contributed by atoms with Crippen LogP contribution >= 0.6 is 0 Å². The monoisotopic (exact) mass is 271 g/mol. The zero-order valence-corrected chi connectivity index (χ0v) is 11.2. The van der Waals surface area contributed by atoms with E-state index < -0.39 is 0 Å². The van der Waals surface area contributed by atoms with Crippen molar-refractivity contribution < 1.29 is 4.52 Å². The quantitative estimate of drug-likeness (QED) is 0.859. The summed E-state index contributed by atoms with van der Waals surface area (Å²) < 4.78 is 6.52. The zero-order valence-electron chi connectivity index (χ0n) is 11.2. The lowest BCUT2D eigenvalue weighted by Crippen LogP contribution is -2.24. The van der Waals surface area contributed by atoms with Gasteiger partial charge in [0.15, 0.2) is 0 Å². The topological polar surface area (TPSA) is 60.9 Å². The number of hydrogen-bond acceptors (Lipinski definition) is 4. The summed E-state index contributed by atoms with van der Waals surface area (Å²) in [5.74, 6) is 2.43. The molecule has 5 heteroatoms. The van der Waals surface area contributed by atoms with E-state index in [1.54, 1.807) is 10.8 Å². The number of nitrogens with zero attached hydrogens (tertiary/aromatic N) is 3. The number of pyridine rings is 1. The Morgan fingerprint density at radius 3 is 2.95 bits per heavy atom. The first-order valence-electron chi connectivity index (χ1n) is 7.29. The molecular formula is C15H17N3O2. The number of aromatic nitrogens is 3. The lowest BCUT2D eigenvalue weighted by atomic mass is 9.89. The summed E-state index contributed by atoms with van der Waals surface area (Å²) in [7, 11) is 0. The molecule has 0 aliphatic heterocycles. The molecule has 0 N–H and O–H groups in total. The third kappa shape index (κ3) is 1.88. The highest BCUT2D eigenvalue weighted by molar-refractivity contribution is 5.47. The average Bonchev–Trinajstić information content (AvgIpc) is 3.17. The predicted octanol–water partition coefficient (Wildman–Crippen LogP) is 2.33. The van der Waals surface area contributed by atoms with Crippen molar-refractivity contribution in [3.05, 3.63) is 34.9 Å². The van der Waals surface area contributed by atoms with Crippen LogP contribution in [0.25, 0.3) is 11.5 Å². The van der Waals surface area contributed by atoms with Gasteiger partial charge in [0.2, 0.25) is 5.82 Å². The Labute approximate surface area is 116 Å². The van der Waals surface area contributed by atoms with Crippen LogP contribution in [-0.2, 0) is 6.54 Å². The van der Waals surface area contributed by atoms with E-state index in [4.69, 9.17) is 4.52 Å². The van der Waals surface area contributed by atoms with Crippen molar-refractivity contribution in [1.29, 1.82) is 0 Å². The molecule has 0 spiro atoms. The molecule has 2 bridgehead atoms. The summed E-state index contributed by atoms with van der Waals surface area (Å²) in [6, 6.07) is 5.60. The van der Waals surface area contributed by atoms with Crippen molar-refractivity contribution in [3.8, 4) is 11.5 Å². The highest BCUT2D eigenvalue weighted by Crippen LogP contribution is 2.48. The molecule has 2 aliphatic rings. The van der Waals surface area contributed by atoms with Gasteiger partial charge < -0.3 is 0 Å². The number of fused-ring (bicyclic) bond motifs is 2. The summed E-state index contributed by atoms with van der Waals surface area (Å²) in [5.41, 5.74) is 0.696. The standard InChI is InChI=1S/C15H17N3O2/c19-15-18(9-12-8-10-4-5-11(12)7-10)14(17-20-15)13-3-1-2-6-16-13/h1-3,6,10-12H,4-5,7-9H2. The normalized spacial score (nSPS) is 28.1. The molecule has 5 nitrogen and oxygen atoms in total. The molecule has 2 aromatic heterocycles. The van der Waals surface area contributed by atoms with E-state index in [0.717, 1.165) is 18.4 Å². The van der Waals surface area contributed by atoms with Crippen LogP contribution in [0.1, 0.15) is 25.7 Å². The van der Waals surface area contributed by atoms with E-state index in [1.807, 2.05) is 18.2 Å². The van der Waals surface area contributed by atoms with Gasteiger partial charge in [-0.05, 0) is 49.1 Å². The maximum absolute atomic E-state index is 11.9. The fourth-order valence-corrected chi connectivity index (χ4v) is 3.94. The second-order valence-corrected chi connectivity index (χ2v) is 6.03. The zero-order chi connectivity index (χ0) is 13.5. The number of rotatable bonds is 3. The largest absolute Gasteiger partial charge is 0.441 e. The van der Waals surface area contributed by atoms with E-state index >= 15 is 0 Å². The lowest BCUT2D eigenvalue weighted by Gasteiger charge is -2.21. The second kappa shape index (κ2) is 4.58. The molecule has 0 radical (unpaired) electrons. The Kier molecular flexibility index (Phi) is 2.72. The molecule has 4 rings (SSSR count). The SMILES string of the molecule is O=c1onc(-c2ccccn2)n1CC1CC2CCC1C2. The highest BCUT2D eigenvalue weighted by Gasteiger charge is 2.40. The minimum atomic E-state index is -0.367. The third-order valence-corrected chi connectivity index (χ3v) is 4.88. The molecule has 104 valence electrons. The molecule has 0 saturated heterocycles. The van der Waals surface area contributed by atoms with Gasteiger partial charge in [0.25, 0.3) is 0 Å². The fourth-order valence-electron chi connectivity index (χ4n) is 3.94. The van der Waals surface area contributed by atoms with E-state index in [2.05, 4.69) is 10.1 Å². The van der Waals surface area contributed by atoms with Crippen molar-refractivity contribution in [3.63, 3.8) is 0 Å². The Bertz CT molecular complexity index is 661. The molecule has 0 aromatic carbocycles. The summed E-state index contributed by atoms with van der Waals surface area (Å²) in [6.07, 6.45) is 6.96. The van der Waals surface area contributed by atoms with Gasteiger partial charge in [0.1, 0.15) is 5.69 Å². The Morgan fingerprint density at radius 2 is 2.25 bits per heavy atom.